The average Bonchev–Trinajstić information content (AvgIpc) is 2.92. The van der Waals surface area contributed by atoms with Crippen molar-refractivity contribution in [2.45, 2.75) is 12.8 Å². The largest absolute Gasteiger partial charge is 0.353 e. The Labute approximate surface area is 123 Å². The molecule has 0 unspecified atom stereocenters. The summed E-state index contributed by atoms with van der Waals surface area (Å²) in [5, 5.41) is 2.95. The second-order valence-electron chi connectivity index (χ2n) is 4.37. The number of sulfonamides is 1. The Balaban J connectivity index is 2.01. The predicted molar refractivity (Wildman–Crippen MR) is 77.6 cm³/mol. The SMILES string of the molecule is CNS(=O)(=O)CCNc1nc(Cl)nc(N2CCCC2)n1. The summed E-state index contributed by atoms with van der Waals surface area (Å²) in [6.45, 7) is 1.99. The lowest BCUT2D eigenvalue weighted by molar-refractivity contribution is 0.588. The number of hydrogen-bond acceptors (Lipinski definition) is 7. The van der Waals surface area contributed by atoms with Gasteiger partial charge >= 0.3 is 0 Å². The summed E-state index contributed by atoms with van der Waals surface area (Å²) in [5.41, 5.74) is 0. The second-order valence-corrected chi connectivity index (χ2v) is 6.76. The number of hydrogen-bond donors (Lipinski definition) is 2. The van der Waals surface area contributed by atoms with E-state index in [0.717, 1.165) is 25.9 Å². The zero-order valence-corrected chi connectivity index (χ0v) is 12.7. The molecule has 8 nitrogen and oxygen atoms in total. The molecular formula is C10H17ClN6O2S. The number of rotatable bonds is 6. The standard InChI is InChI=1S/C10H17ClN6O2S/c1-12-20(18,19)7-4-13-9-14-8(11)15-10(16-9)17-5-2-3-6-17/h12H,2-7H2,1H3,(H,13,14,15,16). The van der Waals surface area contributed by atoms with Crippen LogP contribution in [0.25, 0.3) is 0 Å². The molecule has 20 heavy (non-hydrogen) atoms. The van der Waals surface area contributed by atoms with E-state index in [1.165, 1.54) is 7.05 Å². The van der Waals surface area contributed by atoms with Crippen LogP contribution in [0.1, 0.15) is 12.8 Å². The molecule has 1 aliphatic rings. The van der Waals surface area contributed by atoms with Crippen LogP contribution in [0.3, 0.4) is 0 Å². The second kappa shape index (κ2) is 6.51. The number of anilines is 2. The van der Waals surface area contributed by atoms with Crippen molar-refractivity contribution in [3.8, 4) is 0 Å². The lowest BCUT2D eigenvalue weighted by atomic mass is 10.4. The molecule has 2 heterocycles. The topological polar surface area (TPSA) is 100 Å². The first kappa shape index (κ1) is 15.2. The van der Waals surface area contributed by atoms with E-state index in [-0.39, 0.29) is 17.6 Å². The van der Waals surface area contributed by atoms with Crippen molar-refractivity contribution in [1.29, 1.82) is 0 Å². The smallest absolute Gasteiger partial charge is 0.231 e. The molecule has 1 fully saturated rings. The molecular weight excluding hydrogens is 304 g/mol. The molecule has 0 bridgehead atoms. The molecule has 1 aliphatic heterocycles. The van der Waals surface area contributed by atoms with Crippen LogP contribution >= 0.6 is 11.6 Å². The molecule has 1 aromatic rings. The van der Waals surface area contributed by atoms with E-state index in [2.05, 4.69) is 25.0 Å². The predicted octanol–water partition coefficient (Wildman–Crippen LogP) is 0.0863. The molecule has 0 saturated carbocycles. The van der Waals surface area contributed by atoms with Gasteiger partial charge in [-0.3, -0.25) is 0 Å². The van der Waals surface area contributed by atoms with E-state index >= 15 is 0 Å². The van der Waals surface area contributed by atoms with E-state index in [1.807, 2.05) is 4.90 Å². The maximum atomic E-state index is 11.3. The number of aromatic nitrogens is 3. The first-order valence-corrected chi connectivity index (χ1v) is 8.35. The normalized spacial score (nSPS) is 15.6. The lowest BCUT2D eigenvalue weighted by Gasteiger charge is -2.15. The molecule has 0 atom stereocenters. The minimum atomic E-state index is -3.25. The third kappa shape index (κ3) is 4.15. The van der Waals surface area contributed by atoms with Crippen LogP contribution in [0.15, 0.2) is 0 Å². The Hall–Kier alpha value is -1.19. The molecule has 1 aromatic heterocycles. The van der Waals surface area contributed by atoms with E-state index in [4.69, 9.17) is 11.6 Å². The van der Waals surface area contributed by atoms with Crippen molar-refractivity contribution >= 4 is 33.5 Å². The highest BCUT2D eigenvalue weighted by atomic mass is 35.5. The maximum absolute atomic E-state index is 11.3. The van der Waals surface area contributed by atoms with Crippen molar-refractivity contribution in [1.82, 2.24) is 19.7 Å². The van der Waals surface area contributed by atoms with Crippen LogP contribution in [-0.4, -0.2) is 55.8 Å². The van der Waals surface area contributed by atoms with Gasteiger partial charge in [0.15, 0.2) is 0 Å². The van der Waals surface area contributed by atoms with Gasteiger partial charge in [-0.2, -0.15) is 15.0 Å². The van der Waals surface area contributed by atoms with Crippen LogP contribution < -0.4 is 14.9 Å². The van der Waals surface area contributed by atoms with E-state index in [1.54, 1.807) is 0 Å². The lowest BCUT2D eigenvalue weighted by Crippen LogP contribution is -2.27. The summed E-state index contributed by atoms with van der Waals surface area (Å²) < 4.78 is 24.8. The zero-order chi connectivity index (χ0) is 14.6. The van der Waals surface area contributed by atoms with Crippen molar-refractivity contribution in [2.75, 3.05) is 42.7 Å². The Kier molecular flexibility index (Phi) is 4.95. The average molecular weight is 321 g/mol. The third-order valence-corrected chi connectivity index (χ3v) is 4.48. The van der Waals surface area contributed by atoms with Gasteiger partial charge in [0.2, 0.25) is 27.2 Å². The summed E-state index contributed by atoms with van der Waals surface area (Å²) in [4.78, 5) is 14.3. The maximum Gasteiger partial charge on any atom is 0.231 e. The number of halogens is 1. The minimum Gasteiger partial charge on any atom is -0.353 e. The molecule has 0 aromatic carbocycles. The Morgan fingerprint density at radius 1 is 1.25 bits per heavy atom. The monoisotopic (exact) mass is 320 g/mol. The minimum absolute atomic E-state index is 0.0636. The molecule has 1 saturated heterocycles. The van der Waals surface area contributed by atoms with Crippen molar-refractivity contribution in [3.05, 3.63) is 5.28 Å². The van der Waals surface area contributed by atoms with Crippen molar-refractivity contribution in [3.63, 3.8) is 0 Å². The van der Waals surface area contributed by atoms with Crippen molar-refractivity contribution < 1.29 is 8.42 Å². The van der Waals surface area contributed by atoms with Crippen LogP contribution in [0.5, 0.6) is 0 Å². The van der Waals surface area contributed by atoms with Gasteiger partial charge in [0.05, 0.1) is 5.75 Å². The Bertz CT molecular complexity index is 561. The zero-order valence-electron chi connectivity index (χ0n) is 11.1. The fraction of sp³-hybridized carbons (Fsp3) is 0.700. The Morgan fingerprint density at radius 2 is 1.95 bits per heavy atom. The van der Waals surface area contributed by atoms with Gasteiger partial charge in [-0.25, -0.2) is 13.1 Å². The van der Waals surface area contributed by atoms with Gasteiger partial charge in [-0.15, -0.1) is 0 Å². The summed E-state index contributed by atoms with van der Waals surface area (Å²) in [7, 11) is -1.88. The van der Waals surface area contributed by atoms with Gasteiger partial charge in [-0.1, -0.05) is 0 Å². The summed E-state index contributed by atoms with van der Waals surface area (Å²) >= 11 is 5.87. The highest BCUT2D eigenvalue weighted by Crippen LogP contribution is 2.18. The van der Waals surface area contributed by atoms with Crippen LogP contribution in [0.4, 0.5) is 11.9 Å². The highest BCUT2D eigenvalue weighted by molar-refractivity contribution is 7.89. The molecule has 2 N–H and O–H groups in total. The van der Waals surface area contributed by atoms with Gasteiger partial charge < -0.3 is 10.2 Å². The summed E-state index contributed by atoms with van der Waals surface area (Å²) in [6, 6.07) is 0. The first-order chi connectivity index (χ1) is 9.50. The van der Waals surface area contributed by atoms with Crippen LogP contribution in [0, 0.1) is 0 Å². The van der Waals surface area contributed by atoms with Gasteiger partial charge in [-0.05, 0) is 31.5 Å². The fourth-order valence-corrected chi connectivity index (χ4v) is 2.61. The molecule has 0 radical (unpaired) electrons. The van der Waals surface area contributed by atoms with Gasteiger partial charge in [0.1, 0.15) is 0 Å². The molecule has 112 valence electrons. The summed E-state index contributed by atoms with van der Waals surface area (Å²) in [5.74, 6) is 0.756. The number of nitrogens with zero attached hydrogens (tertiary/aromatic N) is 4. The van der Waals surface area contributed by atoms with E-state index < -0.39 is 10.0 Å². The molecule has 0 aliphatic carbocycles. The quantitative estimate of drug-likeness (QED) is 0.766. The first-order valence-electron chi connectivity index (χ1n) is 6.32. The fourth-order valence-electron chi connectivity index (χ4n) is 1.88. The molecule has 0 spiro atoms. The van der Waals surface area contributed by atoms with E-state index in [0.29, 0.717) is 11.9 Å². The highest BCUT2D eigenvalue weighted by Gasteiger charge is 2.17. The third-order valence-electron chi connectivity index (χ3n) is 2.95. The van der Waals surface area contributed by atoms with Gasteiger partial charge in [0, 0.05) is 19.6 Å². The van der Waals surface area contributed by atoms with E-state index in [9.17, 15) is 8.42 Å². The van der Waals surface area contributed by atoms with Crippen LogP contribution in [0.2, 0.25) is 5.28 Å². The van der Waals surface area contributed by atoms with Gasteiger partial charge in [0.25, 0.3) is 0 Å². The Morgan fingerprint density at radius 3 is 2.60 bits per heavy atom. The summed E-state index contributed by atoms with van der Waals surface area (Å²) in [6.07, 6.45) is 2.21. The molecule has 0 amide bonds. The molecule has 2 rings (SSSR count). The molecule has 10 heteroatoms. The van der Waals surface area contributed by atoms with Crippen molar-refractivity contribution in [2.24, 2.45) is 0 Å². The number of nitrogens with one attached hydrogen (secondary N) is 2. The van der Waals surface area contributed by atoms with Crippen LogP contribution in [-0.2, 0) is 10.0 Å².